The van der Waals surface area contributed by atoms with Gasteiger partial charge in [-0.05, 0) is 24.3 Å². The van der Waals surface area contributed by atoms with E-state index in [4.69, 9.17) is 34.8 Å². The predicted molar refractivity (Wildman–Crippen MR) is 76.0 cm³/mol. The fraction of sp³-hybridized carbons (Fsp3) is 0.0769. The summed E-state index contributed by atoms with van der Waals surface area (Å²) in [4.78, 5) is 15.7. The summed E-state index contributed by atoms with van der Waals surface area (Å²) in [6, 6.07) is 6.44. The van der Waals surface area contributed by atoms with Gasteiger partial charge in [-0.2, -0.15) is 0 Å². The van der Waals surface area contributed by atoms with E-state index in [9.17, 15) is 4.79 Å². The van der Waals surface area contributed by atoms with Crippen LogP contribution in [0.25, 0.3) is 11.3 Å². The van der Waals surface area contributed by atoms with Crippen molar-refractivity contribution in [1.82, 2.24) is 4.98 Å². The molecule has 0 aliphatic carbocycles. The number of nitrogens with zero attached hydrogens (tertiary/aromatic N) is 1. The average Bonchev–Trinajstić information content (AvgIpc) is 2.39. The van der Waals surface area contributed by atoms with Gasteiger partial charge in [-0.25, -0.2) is 4.79 Å². The second-order valence-corrected chi connectivity index (χ2v) is 4.86. The van der Waals surface area contributed by atoms with Crippen LogP contribution in [0, 0.1) is 0 Å². The van der Waals surface area contributed by atoms with Crippen LogP contribution in [0.3, 0.4) is 0 Å². The van der Waals surface area contributed by atoms with Crippen LogP contribution in [-0.2, 0) is 4.74 Å². The van der Waals surface area contributed by atoms with Gasteiger partial charge in [0.15, 0.2) is 0 Å². The van der Waals surface area contributed by atoms with Gasteiger partial charge in [-0.1, -0.05) is 34.8 Å². The molecule has 0 bridgehead atoms. The van der Waals surface area contributed by atoms with Crippen LogP contribution in [0.5, 0.6) is 0 Å². The van der Waals surface area contributed by atoms with Crippen molar-refractivity contribution < 1.29 is 9.53 Å². The van der Waals surface area contributed by atoms with E-state index in [1.54, 1.807) is 18.2 Å². The standard InChI is InChI=1S/C13H8Cl3NO2/c1-19-13(18)9-4-5-17-12(11(9)16)8-3-2-7(14)6-10(8)15/h2-6H,1H3. The molecule has 0 radical (unpaired) electrons. The van der Waals surface area contributed by atoms with Crippen molar-refractivity contribution in [3.05, 3.63) is 51.1 Å². The average molecular weight is 317 g/mol. The lowest BCUT2D eigenvalue weighted by atomic mass is 10.1. The molecule has 0 aliphatic heterocycles. The molecule has 1 aromatic carbocycles. The van der Waals surface area contributed by atoms with Gasteiger partial charge in [0.25, 0.3) is 0 Å². The van der Waals surface area contributed by atoms with Crippen molar-refractivity contribution in [3.8, 4) is 11.3 Å². The van der Waals surface area contributed by atoms with Crippen molar-refractivity contribution in [1.29, 1.82) is 0 Å². The molecule has 0 aliphatic rings. The predicted octanol–water partition coefficient (Wildman–Crippen LogP) is 4.50. The van der Waals surface area contributed by atoms with E-state index in [1.165, 1.54) is 19.4 Å². The Morgan fingerprint density at radius 1 is 1.21 bits per heavy atom. The van der Waals surface area contributed by atoms with Gasteiger partial charge >= 0.3 is 5.97 Å². The van der Waals surface area contributed by atoms with Gasteiger partial charge < -0.3 is 4.74 Å². The molecule has 1 aromatic heterocycles. The third kappa shape index (κ3) is 2.84. The first-order chi connectivity index (χ1) is 9.04. The Morgan fingerprint density at radius 3 is 2.58 bits per heavy atom. The SMILES string of the molecule is COC(=O)c1ccnc(-c2ccc(Cl)cc2Cl)c1Cl. The van der Waals surface area contributed by atoms with Crippen molar-refractivity contribution in [2.24, 2.45) is 0 Å². The van der Waals surface area contributed by atoms with Crippen molar-refractivity contribution in [2.75, 3.05) is 7.11 Å². The van der Waals surface area contributed by atoms with Gasteiger partial charge in [-0.3, -0.25) is 4.98 Å². The highest BCUT2D eigenvalue weighted by molar-refractivity contribution is 6.39. The Bertz CT molecular complexity index is 644. The number of esters is 1. The van der Waals surface area contributed by atoms with Crippen LogP contribution in [0.2, 0.25) is 15.1 Å². The minimum atomic E-state index is -0.529. The van der Waals surface area contributed by atoms with Crippen LogP contribution in [0.15, 0.2) is 30.5 Å². The van der Waals surface area contributed by atoms with Crippen LogP contribution in [-0.4, -0.2) is 18.1 Å². The van der Waals surface area contributed by atoms with Gasteiger partial charge in [0.1, 0.15) is 0 Å². The smallest absolute Gasteiger partial charge is 0.339 e. The molecule has 3 nitrogen and oxygen atoms in total. The first-order valence-corrected chi connectivity index (χ1v) is 6.36. The largest absolute Gasteiger partial charge is 0.465 e. The number of hydrogen-bond acceptors (Lipinski definition) is 3. The molecule has 19 heavy (non-hydrogen) atoms. The number of methoxy groups -OCH3 is 1. The van der Waals surface area contributed by atoms with E-state index in [-0.39, 0.29) is 10.6 Å². The zero-order valence-electron chi connectivity index (χ0n) is 9.78. The van der Waals surface area contributed by atoms with Crippen molar-refractivity contribution in [3.63, 3.8) is 0 Å². The maximum Gasteiger partial charge on any atom is 0.339 e. The first kappa shape index (κ1) is 14.1. The van der Waals surface area contributed by atoms with E-state index in [1.807, 2.05) is 0 Å². The summed E-state index contributed by atoms with van der Waals surface area (Å²) in [5.41, 5.74) is 1.24. The maximum atomic E-state index is 11.6. The topological polar surface area (TPSA) is 39.2 Å². The van der Waals surface area contributed by atoms with E-state index in [0.717, 1.165) is 0 Å². The zero-order chi connectivity index (χ0) is 14.0. The van der Waals surface area contributed by atoms with Crippen LogP contribution in [0.1, 0.15) is 10.4 Å². The molecule has 0 unspecified atom stereocenters. The second-order valence-electron chi connectivity index (χ2n) is 3.64. The summed E-state index contributed by atoms with van der Waals surface area (Å²) in [5, 5.41) is 1.11. The summed E-state index contributed by atoms with van der Waals surface area (Å²) in [7, 11) is 1.29. The summed E-state index contributed by atoms with van der Waals surface area (Å²) in [6.45, 7) is 0. The third-order valence-corrected chi connectivity index (χ3v) is 3.41. The highest BCUT2D eigenvalue weighted by atomic mass is 35.5. The van der Waals surface area contributed by atoms with E-state index < -0.39 is 5.97 Å². The lowest BCUT2D eigenvalue weighted by Gasteiger charge is -2.09. The fourth-order valence-corrected chi connectivity index (χ4v) is 2.37. The third-order valence-electron chi connectivity index (χ3n) is 2.48. The summed E-state index contributed by atoms with van der Waals surface area (Å²) >= 11 is 18.1. The normalized spacial score (nSPS) is 10.3. The second kappa shape index (κ2) is 5.78. The summed E-state index contributed by atoms with van der Waals surface area (Å²) < 4.78 is 4.65. The lowest BCUT2D eigenvalue weighted by Crippen LogP contribution is -2.03. The van der Waals surface area contributed by atoms with Crippen molar-refractivity contribution >= 4 is 40.8 Å². The molecule has 2 aromatic rings. The van der Waals surface area contributed by atoms with Crippen LogP contribution >= 0.6 is 34.8 Å². The van der Waals surface area contributed by atoms with Crippen molar-refractivity contribution in [2.45, 2.75) is 0 Å². The van der Waals surface area contributed by atoms with Crippen LogP contribution < -0.4 is 0 Å². The molecule has 0 N–H and O–H groups in total. The van der Waals surface area contributed by atoms with E-state index in [2.05, 4.69) is 9.72 Å². The number of halogens is 3. The molecule has 98 valence electrons. The Labute approximate surface area is 125 Å². The molecule has 0 saturated heterocycles. The Hall–Kier alpha value is -1.29. The summed E-state index contributed by atoms with van der Waals surface area (Å²) in [6.07, 6.45) is 1.47. The number of ether oxygens (including phenoxy) is 1. The number of carbonyl (C=O) groups excluding carboxylic acids is 1. The number of pyridine rings is 1. The monoisotopic (exact) mass is 315 g/mol. The maximum absolute atomic E-state index is 11.6. The molecule has 0 amide bonds. The molecular weight excluding hydrogens is 309 g/mol. The van der Waals surface area contributed by atoms with Crippen LogP contribution in [0.4, 0.5) is 0 Å². The Balaban J connectivity index is 2.60. The zero-order valence-corrected chi connectivity index (χ0v) is 12.1. The van der Waals surface area contributed by atoms with Gasteiger partial charge in [0.2, 0.25) is 0 Å². The van der Waals surface area contributed by atoms with E-state index in [0.29, 0.717) is 21.3 Å². The van der Waals surface area contributed by atoms with E-state index >= 15 is 0 Å². The molecule has 2 rings (SSSR count). The fourth-order valence-electron chi connectivity index (χ4n) is 1.58. The highest BCUT2D eigenvalue weighted by Crippen LogP contribution is 2.34. The molecule has 1 heterocycles. The molecule has 0 fully saturated rings. The highest BCUT2D eigenvalue weighted by Gasteiger charge is 2.17. The minimum absolute atomic E-state index is 0.193. The van der Waals surface area contributed by atoms with Gasteiger partial charge in [0.05, 0.1) is 28.4 Å². The Kier molecular flexibility index (Phi) is 4.30. The number of rotatable bonds is 2. The number of carbonyl (C=O) groups is 1. The summed E-state index contributed by atoms with van der Waals surface area (Å²) in [5.74, 6) is -0.529. The molecule has 0 atom stereocenters. The number of hydrogen-bond donors (Lipinski definition) is 0. The quantitative estimate of drug-likeness (QED) is 0.766. The molecule has 0 saturated carbocycles. The molecular formula is C13H8Cl3NO2. The molecule has 6 heteroatoms. The Morgan fingerprint density at radius 2 is 1.95 bits per heavy atom. The number of benzene rings is 1. The lowest BCUT2D eigenvalue weighted by molar-refractivity contribution is 0.0601. The molecule has 0 spiro atoms. The minimum Gasteiger partial charge on any atom is -0.465 e. The van der Waals surface area contributed by atoms with Gasteiger partial charge in [0, 0.05) is 16.8 Å². The first-order valence-electron chi connectivity index (χ1n) is 5.23. The van der Waals surface area contributed by atoms with Gasteiger partial charge in [-0.15, -0.1) is 0 Å². The number of aromatic nitrogens is 1.